The standard InChI is InChI=1S/C19H23O9PS2/c1-25-14-10-17(27-3)15(18(11-14)28-4)7-8-31(23,24)12-13-5-6-16(26-2)19(9-13)30-29(20,21)22/h5-11H,12H2,1-4H3,(H2,20,21,22)/b8-7+. The Hall–Kier alpha value is -2.17. The highest BCUT2D eigenvalue weighted by atomic mass is 32.7. The van der Waals surface area contributed by atoms with Crippen LogP contribution in [0.3, 0.4) is 0 Å². The molecule has 0 heterocycles. The first kappa shape index (κ1) is 25.1. The lowest BCUT2D eigenvalue weighted by Gasteiger charge is -2.12. The van der Waals surface area contributed by atoms with Gasteiger partial charge in [-0.3, -0.25) is 0 Å². The Balaban J connectivity index is 2.35. The molecule has 0 amide bonds. The third-order valence-corrected chi connectivity index (χ3v) is 7.35. The topological polar surface area (TPSA) is 129 Å². The lowest BCUT2D eigenvalue weighted by molar-refractivity contribution is 0.374. The first-order valence-corrected chi connectivity index (χ1v) is 13.4. The summed E-state index contributed by atoms with van der Waals surface area (Å²) in [5, 5.41) is 1.03. The molecule has 9 nitrogen and oxygen atoms in total. The van der Waals surface area contributed by atoms with E-state index in [0.29, 0.717) is 39.8 Å². The van der Waals surface area contributed by atoms with Crippen molar-refractivity contribution < 1.29 is 41.7 Å². The third-order valence-electron chi connectivity index (χ3n) is 4.01. The van der Waals surface area contributed by atoms with E-state index >= 15 is 0 Å². The van der Waals surface area contributed by atoms with Gasteiger partial charge in [-0.1, -0.05) is 6.07 Å². The largest absolute Gasteiger partial charge is 0.496 e. The van der Waals surface area contributed by atoms with Gasteiger partial charge < -0.3 is 28.7 Å². The van der Waals surface area contributed by atoms with Crippen LogP contribution in [0, 0.1) is 0 Å². The average molecular weight is 490 g/mol. The third kappa shape index (κ3) is 7.19. The zero-order valence-corrected chi connectivity index (χ0v) is 19.8. The highest BCUT2D eigenvalue weighted by Crippen LogP contribution is 2.56. The van der Waals surface area contributed by atoms with Gasteiger partial charge in [-0.2, -0.15) is 0 Å². The highest BCUT2D eigenvalue weighted by molar-refractivity contribution is 8.54. The Labute approximate surface area is 184 Å². The van der Waals surface area contributed by atoms with Crippen molar-refractivity contribution in [3.8, 4) is 23.0 Å². The fourth-order valence-corrected chi connectivity index (χ4v) is 5.64. The van der Waals surface area contributed by atoms with E-state index in [2.05, 4.69) is 0 Å². The second kappa shape index (κ2) is 10.4. The first-order valence-electron chi connectivity index (χ1n) is 8.64. The van der Waals surface area contributed by atoms with E-state index in [1.54, 1.807) is 12.1 Å². The zero-order valence-electron chi connectivity index (χ0n) is 17.3. The number of methoxy groups -OCH3 is 4. The van der Waals surface area contributed by atoms with Crippen LogP contribution < -0.4 is 18.9 Å². The summed E-state index contributed by atoms with van der Waals surface area (Å²) < 4.78 is 57.5. The van der Waals surface area contributed by atoms with Gasteiger partial charge in [-0.25, -0.2) is 13.0 Å². The highest BCUT2D eigenvalue weighted by Gasteiger charge is 2.20. The normalized spacial score (nSPS) is 12.1. The van der Waals surface area contributed by atoms with Gasteiger partial charge in [0.1, 0.15) is 23.0 Å². The molecule has 12 heteroatoms. The van der Waals surface area contributed by atoms with Crippen LogP contribution in [-0.2, 0) is 20.2 Å². The van der Waals surface area contributed by atoms with Crippen molar-refractivity contribution in [3.05, 3.63) is 46.9 Å². The first-order chi connectivity index (χ1) is 14.5. The molecule has 2 rings (SSSR count). The van der Waals surface area contributed by atoms with Crippen LogP contribution in [0.4, 0.5) is 0 Å². The second-order valence-electron chi connectivity index (χ2n) is 6.12. The van der Waals surface area contributed by atoms with E-state index in [1.165, 1.54) is 52.7 Å². The molecular weight excluding hydrogens is 467 g/mol. The molecule has 31 heavy (non-hydrogen) atoms. The summed E-state index contributed by atoms with van der Waals surface area (Å²) in [4.78, 5) is 18.6. The van der Waals surface area contributed by atoms with E-state index in [1.807, 2.05) is 0 Å². The monoisotopic (exact) mass is 490 g/mol. The molecule has 0 aliphatic heterocycles. The van der Waals surface area contributed by atoms with Crippen LogP contribution in [-0.4, -0.2) is 46.6 Å². The molecule has 0 saturated carbocycles. The molecule has 170 valence electrons. The predicted octanol–water partition coefficient (Wildman–Crippen LogP) is 3.49. The molecule has 0 spiro atoms. The van der Waals surface area contributed by atoms with E-state index in [4.69, 9.17) is 18.9 Å². The molecule has 0 aromatic heterocycles. The summed E-state index contributed by atoms with van der Waals surface area (Å²) in [5.74, 6) is 1.07. The smallest absolute Gasteiger partial charge is 0.388 e. The molecule has 0 saturated heterocycles. The SMILES string of the molecule is COc1cc(OC)c(/C=C/S(=O)(=O)Cc2ccc(OC)c(SP(=O)(O)O)c2)c(OC)c1. The predicted molar refractivity (Wildman–Crippen MR) is 119 cm³/mol. The number of rotatable bonds is 10. The molecule has 0 radical (unpaired) electrons. The quantitative estimate of drug-likeness (QED) is 0.478. The van der Waals surface area contributed by atoms with Gasteiger partial charge >= 0.3 is 6.80 Å². The van der Waals surface area contributed by atoms with Crippen molar-refractivity contribution in [2.24, 2.45) is 0 Å². The minimum Gasteiger partial charge on any atom is -0.496 e. The maximum Gasteiger partial charge on any atom is 0.388 e. The summed E-state index contributed by atoms with van der Waals surface area (Å²) >= 11 is 0.300. The van der Waals surface area contributed by atoms with Gasteiger partial charge in [0.25, 0.3) is 0 Å². The summed E-state index contributed by atoms with van der Waals surface area (Å²) in [5.41, 5.74) is 0.761. The summed E-state index contributed by atoms with van der Waals surface area (Å²) in [6, 6.07) is 7.56. The molecule has 2 aromatic rings. The minimum atomic E-state index is -4.44. The molecule has 2 aromatic carbocycles. The van der Waals surface area contributed by atoms with Crippen LogP contribution in [0.2, 0.25) is 0 Å². The summed E-state index contributed by atoms with van der Waals surface area (Å²) in [6.07, 6.45) is 1.36. The fourth-order valence-electron chi connectivity index (χ4n) is 2.66. The van der Waals surface area contributed by atoms with Crippen LogP contribution >= 0.6 is 18.2 Å². The number of ether oxygens (including phenoxy) is 4. The average Bonchev–Trinajstić information content (AvgIpc) is 2.70. The van der Waals surface area contributed by atoms with Crippen LogP contribution in [0.25, 0.3) is 6.08 Å². The lowest BCUT2D eigenvalue weighted by Crippen LogP contribution is -2.01. The van der Waals surface area contributed by atoms with E-state index in [9.17, 15) is 22.8 Å². The Morgan fingerprint density at radius 2 is 1.52 bits per heavy atom. The van der Waals surface area contributed by atoms with Crippen LogP contribution in [0.1, 0.15) is 11.1 Å². The van der Waals surface area contributed by atoms with Gasteiger partial charge in [0, 0.05) is 17.5 Å². The molecule has 0 unspecified atom stereocenters. The maximum atomic E-state index is 12.7. The molecule has 0 atom stereocenters. The zero-order chi connectivity index (χ0) is 23.2. The number of sulfone groups is 1. The Kier molecular flexibility index (Phi) is 8.44. The fraction of sp³-hybridized carbons (Fsp3) is 0.263. The Morgan fingerprint density at radius 1 is 0.935 bits per heavy atom. The maximum absolute atomic E-state index is 12.7. The van der Waals surface area contributed by atoms with Crippen molar-refractivity contribution in [3.63, 3.8) is 0 Å². The van der Waals surface area contributed by atoms with Gasteiger partial charge in [-0.15, -0.1) is 0 Å². The van der Waals surface area contributed by atoms with Crippen LogP contribution in [0.5, 0.6) is 23.0 Å². The van der Waals surface area contributed by atoms with Crippen molar-refractivity contribution in [2.75, 3.05) is 28.4 Å². The van der Waals surface area contributed by atoms with E-state index < -0.39 is 16.6 Å². The Bertz CT molecular complexity index is 1080. The van der Waals surface area contributed by atoms with Gasteiger partial charge in [0.05, 0.1) is 44.7 Å². The lowest BCUT2D eigenvalue weighted by atomic mass is 10.1. The van der Waals surface area contributed by atoms with Crippen molar-refractivity contribution >= 4 is 34.1 Å². The molecule has 0 aliphatic carbocycles. The van der Waals surface area contributed by atoms with Crippen molar-refractivity contribution in [1.82, 2.24) is 0 Å². The van der Waals surface area contributed by atoms with Crippen LogP contribution in [0.15, 0.2) is 40.6 Å². The molecule has 0 aliphatic rings. The molecule has 2 N–H and O–H groups in total. The van der Waals surface area contributed by atoms with Gasteiger partial charge in [-0.05, 0) is 35.2 Å². The van der Waals surface area contributed by atoms with Crippen molar-refractivity contribution in [2.45, 2.75) is 10.6 Å². The van der Waals surface area contributed by atoms with Crippen molar-refractivity contribution in [1.29, 1.82) is 0 Å². The number of hydrogen-bond acceptors (Lipinski definition) is 8. The number of benzene rings is 2. The summed E-state index contributed by atoms with van der Waals surface area (Å²) in [6.45, 7) is -4.44. The second-order valence-corrected chi connectivity index (χ2v) is 11.6. The molecule has 0 fully saturated rings. The van der Waals surface area contributed by atoms with E-state index in [-0.39, 0.29) is 16.4 Å². The minimum absolute atomic E-state index is 0.144. The van der Waals surface area contributed by atoms with Gasteiger partial charge in [0.2, 0.25) is 0 Å². The summed E-state index contributed by atoms with van der Waals surface area (Å²) in [7, 11) is 1.98. The van der Waals surface area contributed by atoms with E-state index in [0.717, 1.165) is 5.41 Å². The number of hydrogen-bond donors (Lipinski definition) is 2. The van der Waals surface area contributed by atoms with Gasteiger partial charge in [0.15, 0.2) is 9.84 Å². The molecular formula is C19H23O9PS2. The molecule has 0 bridgehead atoms. The Morgan fingerprint density at radius 3 is 2.00 bits per heavy atom.